The minimum absolute atomic E-state index is 0.0792. The summed E-state index contributed by atoms with van der Waals surface area (Å²) in [4.78, 5) is 18.0. The SMILES string of the molecule is Cc1nc(CN(C)C(=O)c2cc(Br)cc(Br)c2)n[nH]1. The lowest BCUT2D eigenvalue weighted by molar-refractivity contribution is 0.0781. The molecule has 100 valence electrons. The van der Waals surface area contributed by atoms with Gasteiger partial charge in [0.05, 0.1) is 6.54 Å². The summed E-state index contributed by atoms with van der Waals surface area (Å²) in [6, 6.07) is 5.45. The number of hydrogen-bond donors (Lipinski definition) is 1. The van der Waals surface area contributed by atoms with Gasteiger partial charge in [0.15, 0.2) is 5.82 Å². The number of amides is 1. The number of aromatic amines is 1. The second-order valence-electron chi connectivity index (χ2n) is 4.16. The normalized spacial score (nSPS) is 10.5. The van der Waals surface area contributed by atoms with E-state index in [0.29, 0.717) is 17.9 Å². The van der Waals surface area contributed by atoms with E-state index in [4.69, 9.17) is 0 Å². The van der Waals surface area contributed by atoms with Gasteiger partial charge in [-0.2, -0.15) is 5.10 Å². The molecular weight excluding hydrogens is 376 g/mol. The Morgan fingerprint density at radius 3 is 2.47 bits per heavy atom. The van der Waals surface area contributed by atoms with Crippen LogP contribution in [0.4, 0.5) is 0 Å². The van der Waals surface area contributed by atoms with Gasteiger partial charge >= 0.3 is 0 Å². The monoisotopic (exact) mass is 386 g/mol. The molecule has 1 N–H and O–H groups in total. The number of aromatic nitrogens is 3. The van der Waals surface area contributed by atoms with E-state index in [9.17, 15) is 4.79 Å². The molecule has 0 unspecified atom stereocenters. The number of carbonyl (C=O) groups is 1. The average molecular weight is 388 g/mol. The highest BCUT2D eigenvalue weighted by Gasteiger charge is 2.15. The molecule has 0 aliphatic heterocycles. The van der Waals surface area contributed by atoms with Crippen molar-refractivity contribution in [2.45, 2.75) is 13.5 Å². The topological polar surface area (TPSA) is 61.9 Å². The van der Waals surface area contributed by atoms with Crippen molar-refractivity contribution in [1.29, 1.82) is 0 Å². The number of rotatable bonds is 3. The Morgan fingerprint density at radius 2 is 1.95 bits per heavy atom. The molecule has 0 radical (unpaired) electrons. The van der Waals surface area contributed by atoms with Gasteiger partial charge in [-0.15, -0.1) is 0 Å². The first-order valence-electron chi connectivity index (χ1n) is 5.55. The van der Waals surface area contributed by atoms with Crippen molar-refractivity contribution < 1.29 is 4.79 Å². The zero-order valence-corrected chi connectivity index (χ0v) is 13.6. The molecule has 1 aromatic heterocycles. The van der Waals surface area contributed by atoms with Gasteiger partial charge in [0.25, 0.3) is 5.91 Å². The average Bonchev–Trinajstić information content (AvgIpc) is 2.72. The molecule has 19 heavy (non-hydrogen) atoms. The first kappa shape index (κ1) is 14.2. The Kier molecular flexibility index (Phi) is 4.36. The Balaban J connectivity index is 2.14. The molecule has 0 saturated carbocycles. The molecule has 5 nitrogen and oxygen atoms in total. The van der Waals surface area contributed by atoms with E-state index in [-0.39, 0.29) is 5.91 Å². The number of halogens is 2. The molecule has 0 saturated heterocycles. The molecule has 2 aromatic rings. The second-order valence-corrected chi connectivity index (χ2v) is 5.99. The summed E-state index contributed by atoms with van der Waals surface area (Å²) in [7, 11) is 1.73. The van der Waals surface area contributed by atoms with Crippen molar-refractivity contribution >= 4 is 37.8 Å². The van der Waals surface area contributed by atoms with Crippen LogP contribution in [0.5, 0.6) is 0 Å². The first-order valence-corrected chi connectivity index (χ1v) is 7.14. The van der Waals surface area contributed by atoms with Crippen LogP contribution in [0.15, 0.2) is 27.1 Å². The molecule has 0 aliphatic rings. The standard InChI is InChI=1S/C12H12Br2N4O/c1-7-15-11(17-16-7)6-18(2)12(19)8-3-9(13)5-10(14)4-8/h3-5H,6H2,1-2H3,(H,15,16,17). The Hall–Kier alpha value is -1.21. The third-order valence-corrected chi connectivity index (χ3v) is 3.39. The highest BCUT2D eigenvalue weighted by molar-refractivity contribution is 9.11. The number of nitrogens with zero attached hydrogens (tertiary/aromatic N) is 3. The molecule has 1 amide bonds. The molecule has 0 fully saturated rings. The lowest BCUT2D eigenvalue weighted by Gasteiger charge is -2.15. The maximum absolute atomic E-state index is 12.3. The van der Waals surface area contributed by atoms with Crippen LogP contribution in [0, 0.1) is 6.92 Å². The number of H-pyrrole nitrogens is 1. The highest BCUT2D eigenvalue weighted by atomic mass is 79.9. The lowest BCUT2D eigenvalue weighted by atomic mass is 10.2. The Morgan fingerprint density at radius 1 is 1.32 bits per heavy atom. The summed E-state index contributed by atoms with van der Waals surface area (Å²) in [5.74, 6) is 1.26. The van der Waals surface area contributed by atoms with Crippen LogP contribution in [-0.4, -0.2) is 33.0 Å². The van der Waals surface area contributed by atoms with Crippen LogP contribution in [-0.2, 0) is 6.54 Å². The van der Waals surface area contributed by atoms with E-state index in [0.717, 1.165) is 14.8 Å². The van der Waals surface area contributed by atoms with E-state index in [1.54, 1.807) is 24.1 Å². The summed E-state index contributed by atoms with van der Waals surface area (Å²) in [5.41, 5.74) is 0.607. The van der Waals surface area contributed by atoms with E-state index >= 15 is 0 Å². The van der Waals surface area contributed by atoms with Gasteiger partial charge in [-0.3, -0.25) is 9.89 Å². The van der Waals surface area contributed by atoms with E-state index in [2.05, 4.69) is 47.0 Å². The van der Waals surface area contributed by atoms with Gasteiger partial charge in [-0.05, 0) is 25.1 Å². The molecule has 2 rings (SSSR count). The quantitative estimate of drug-likeness (QED) is 0.880. The minimum atomic E-state index is -0.0792. The van der Waals surface area contributed by atoms with Crippen molar-refractivity contribution in [3.8, 4) is 0 Å². The van der Waals surface area contributed by atoms with E-state index in [1.165, 1.54) is 0 Å². The number of nitrogens with one attached hydrogen (secondary N) is 1. The van der Waals surface area contributed by atoms with Crippen molar-refractivity contribution in [2.24, 2.45) is 0 Å². The third-order valence-electron chi connectivity index (χ3n) is 2.48. The lowest BCUT2D eigenvalue weighted by Crippen LogP contribution is -2.26. The summed E-state index contributed by atoms with van der Waals surface area (Å²) in [6.45, 7) is 2.19. The molecule has 0 bridgehead atoms. The van der Waals surface area contributed by atoms with Crippen LogP contribution in [0.2, 0.25) is 0 Å². The fraction of sp³-hybridized carbons (Fsp3) is 0.250. The van der Waals surface area contributed by atoms with Gasteiger partial charge < -0.3 is 4.90 Å². The van der Waals surface area contributed by atoms with Gasteiger partial charge in [0, 0.05) is 21.6 Å². The largest absolute Gasteiger partial charge is 0.334 e. The van der Waals surface area contributed by atoms with E-state index in [1.807, 2.05) is 13.0 Å². The molecule has 0 spiro atoms. The van der Waals surface area contributed by atoms with Crippen LogP contribution in [0.1, 0.15) is 22.0 Å². The smallest absolute Gasteiger partial charge is 0.254 e. The zero-order valence-electron chi connectivity index (χ0n) is 10.4. The first-order chi connectivity index (χ1) is 8.95. The van der Waals surface area contributed by atoms with Crippen LogP contribution in [0.25, 0.3) is 0 Å². The van der Waals surface area contributed by atoms with Crippen molar-refractivity contribution in [1.82, 2.24) is 20.1 Å². The zero-order chi connectivity index (χ0) is 14.0. The number of aryl methyl sites for hydroxylation is 1. The van der Waals surface area contributed by atoms with Gasteiger partial charge in [0.1, 0.15) is 5.82 Å². The number of carbonyl (C=O) groups excluding carboxylic acids is 1. The van der Waals surface area contributed by atoms with Crippen LogP contribution in [0.3, 0.4) is 0 Å². The molecule has 0 atom stereocenters. The van der Waals surface area contributed by atoms with Crippen LogP contribution < -0.4 is 0 Å². The Bertz CT molecular complexity index is 591. The summed E-state index contributed by atoms with van der Waals surface area (Å²) >= 11 is 6.74. The fourth-order valence-corrected chi connectivity index (χ4v) is 2.94. The molecule has 7 heteroatoms. The molecule has 1 aromatic carbocycles. The Labute approximate surface area is 127 Å². The predicted octanol–water partition coefficient (Wildman–Crippen LogP) is 2.91. The van der Waals surface area contributed by atoms with Crippen molar-refractivity contribution in [3.63, 3.8) is 0 Å². The maximum atomic E-state index is 12.3. The molecular formula is C12H12Br2N4O. The van der Waals surface area contributed by atoms with Gasteiger partial charge in [0.2, 0.25) is 0 Å². The fourth-order valence-electron chi connectivity index (χ4n) is 1.64. The van der Waals surface area contributed by atoms with E-state index < -0.39 is 0 Å². The van der Waals surface area contributed by atoms with Crippen LogP contribution >= 0.6 is 31.9 Å². The highest BCUT2D eigenvalue weighted by Crippen LogP contribution is 2.21. The van der Waals surface area contributed by atoms with Gasteiger partial charge in [-0.25, -0.2) is 4.98 Å². The van der Waals surface area contributed by atoms with Gasteiger partial charge in [-0.1, -0.05) is 31.9 Å². The minimum Gasteiger partial charge on any atom is -0.334 e. The molecule has 1 heterocycles. The number of hydrogen-bond acceptors (Lipinski definition) is 3. The van der Waals surface area contributed by atoms with Crippen molar-refractivity contribution in [3.05, 3.63) is 44.4 Å². The van der Waals surface area contributed by atoms with Crippen molar-refractivity contribution in [2.75, 3.05) is 7.05 Å². The summed E-state index contributed by atoms with van der Waals surface area (Å²) in [6.07, 6.45) is 0. The third kappa shape index (κ3) is 3.63. The predicted molar refractivity (Wildman–Crippen MR) is 78.8 cm³/mol. The number of benzene rings is 1. The maximum Gasteiger partial charge on any atom is 0.254 e. The summed E-state index contributed by atoms with van der Waals surface area (Å²) in [5, 5.41) is 6.78. The molecule has 0 aliphatic carbocycles. The summed E-state index contributed by atoms with van der Waals surface area (Å²) < 4.78 is 1.71. The second kappa shape index (κ2) is 5.83.